The van der Waals surface area contributed by atoms with Crippen LogP contribution in [0, 0.1) is 13.8 Å². The van der Waals surface area contributed by atoms with Crippen molar-refractivity contribution in [3.8, 4) is 5.69 Å². The highest BCUT2D eigenvalue weighted by Crippen LogP contribution is 2.27. The summed E-state index contributed by atoms with van der Waals surface area (Å²) in [7, 11) is 0. The number of hydrogen-bond acceptors (Lipinski definition) is 4. The van der Waals surface area contributed by atoms with Crippen molar-refractivity contribution >= 4 is 49.2 Å². The minimum atomic E-state index is -0.0140. The van der Waals surface area contributed by atoms with E-state index in [2.05, 4.69) is 48.0 Å². The molecule has 3 nitrogen and oxygen atoms in total. The molecule has 4 rings (SSSR count). The van der Waals surface area contributed by atoms with E-state index in [1.54, 1.807) is 16.3 Å². The summed E-state index contributed by atoms with van der Waals surface area (Å²) in [6.45, 7) is 4.24. The first-order chi connectivity index (χ1) is 13.0. The molecule has 0 saturated heterocycles. The van der Waals surface area contributed by atoms with Crippen molar-refractivity contribution in [3.05, 3.63) is 85.4 Å². The third kappa shape index (κ3) is 3.74. The Morgan fingerprint density at radius 1 is 1.07 bits per heavy atom. The molecule has 0 aliphatic rings. The number of fused-ring (bicyclic) bond motifs is 1. The normalized spacial score (nSPS) is 11.2. The number of rotatable bonds is 4. The number of aromatic nitrogens is 2. The van der Waals surface area contributed by atoms with E-state index in [9.17, 15) is 4.79 Å². The quantitative estimate of drug-likeness (QED) is 0.274. The molecule has 0 unspecified atom stereocenters. The molecule has 0 saturated carbocycles. The summed E-state index contributed by atoms with van der Waals surface area (Å²) in [6.07, 6.45) is 0. The minimum Gasteiger partial charge on any atom is -0.267 e. The lowest BCUT2D eigenvalue weighted by molar-refractivity contribution is 0.822. The van der Waals surface area contributed by atoms with Crippen molar-refractivity contribution in [2.45, 2.75) is 24.8 Å². The van der Waals surface area contributed by atoms with E-state index in [-0.39, 0.29) is 5.56 Å². The molecule has 0 atom stereocenters. The Balaban J connectivity index is 1.78. The van der Waals surface area contributed by atoms with E-state index in [0.29, 0.717) is 9.86 Å². The highest BCUT2D eigenvalue weighted by molar-refractivity contribution is 9.10. The molecule has 0 aliphatic carbocycles. The smallest absolute Gasteiger partial charge is 0.267 e. The van der Waals surface area contributed by atoms with Gasteiger partial charge in [-0.05, 0) is 66.2 Å². The summed E-state index contributed by atoms with van der Waals surface area (Å²) < 4.78 is 3.39. The van der Waals surface area contributed by atoms with Crippen molar-refractivity contribution in [2.75, 3.05) is 0 Å². The van der Waals surface area contributed by atoms with Crippen LogP contribution in [-0.2, 0) is 5.75 Å². The second-order valence-electron chi connectivity index (χ2n) is 6.35. The Labute approximate surface area is 174 Å². The lowest BCUT2D eigenvalue weighted by atomic mass is 10.1. The summed E-state index contributed by atoms with van der Waals surface area (Å²) in [6, 6.07) is 16.2. The lowest BCUT2D eigenvalue weighted by Crippen LogP contribution is -2.20. The van der Waals surface area contributed by atoms with Gasteiger partial charge in [-0.3, -0.25) is 9.36 Å². The highest BCUT2D eigenvalue weighted by atomic mass is 79.9. The average Bonchev–Trinajstić information content (AvgIpc) is 3.13. The molecule has 0 radical (unpaired) electrons. The van der Waals surface area contributed by atoms with Gasteiger partial charge in [0.05, 0.1) is 11.2 Å². The molecule has 6 heteroatoms. The topological polar surface area (TPSA) is 34.9 Å². The molecule has 27 heavy (non-hydrogen) atoms. The van der Waals surface area contributed by atoms with Crippen molar-refractivity contribution in [1.82, 2.24) is 9.55 Å². The Morgan fingerprint density at radius 2 is 1.85 bits per heavy atom. The molecular formula is C21H17BrN2OS2. The number of halogens is 1. The first kappa shape index (κ1) is 18.5. The van der Waals surface area contributed by atoms with Crippen molar-refractivity contribution in [3.63, 3.8) is 0 Å². The summed E-state index contributed by atoms with van der Waals surface area (Å²) in [4.78, 5) is 17.9. The summed E-state index contributed by atoms with van der Waals surface area (Å²) in [5, 5.41) is 2.63. The zero-order valence-corrected chi connectivity index (χ0v) is 18.1. The van der Waals surface area contributed by atoms with Crippen LogP contribution in [0.2, 0.25) is 0 Å². The Morgan fingerprint density at radius 3 is 2.59 bits per heavy atom. The van der Waals surface area contributed by atoms with Crippen LogP contribution in [0.1, 0.15) is 16.7 Å². The van der Waals surface area contributed by atoms with Crippen molar-refractivity contribution in [1.29, 1.82) is 0 Å². The van der Waals surface area contributed by atoms with E-state index in [4.69, 9.17) is 4.98 Å². The molecule has 0 aliphatic heterocycles. The van der Waals surface area contributed by atoms with Gasteiger partial charge in [0.15, 0.2) is 5.16 Å². The zero-order valence-electron chi connectivity index (χ0n) is 14.9. The molecule has 136 valence electrons. The third-order valence-electron chi connectivity index (χ3n) is 4.47. The van der Waals surface area contributed by atoms with E-state index in [1.165, 1.54) is 28.0 Å². The predicted octanol–water partition coefficient (Wildman–Crippen LogP) is 6.12. The van der Waals surface area contributed by atoms with Gasteiger partial charge >= 0.3 is 0 Å². The standard InChI is InChI=1S/C21H17BrN2OS2/c1-13-3-4-15(11-14(13)2)12-27-21-23-18-9-10-26-19(18)20(25)24(21)17-7-5-16(22)6-8-17/h3-11H,12H2,1-2H3. The maximum atomic E-state index is 13.1. The van der Waals surface area contributed by atoms with E-state index < -0.39 is 0 Å². The number of nitrogens with zero attached hydrogens (tertiary/aromatic N) is 2. The molecule has 0 bridgehead atoms. The maximum Gasteiger partial charge on any atom is 0.276 e. The molecule has 4 aromatic rings. The monoisotopic (exact) mass is 456 g/mol. The summed E-state index contributed by atoms with van der Waals surface area (Å²) in [5.41, 5.74) is 5.37. The first-order valence-electron chi connectivity index (χ1n) is 8.48. The molecule has 0 amide bonds. The number of benzene rings is 2. The fourth-order valence-electron chi connectivity index (χ4n) is 2.85. The van der Waals surface area contributed by atoms with Crippen LogP contribution in [-0.4, -0.2) is 9.55 Å². The van der Waals surface area contributed by atoms with Gasteiger partial charge in [-0.2, -0.15) is 0 Å². The summed E-state index contributed by atoms with van der Waals surface area (Å²) in [5.74, 6) is 0.764. The fourth-order valence-corrected chi connectivity index (χ4v) is 4.83. The van der Waals surface area contributed by atoms with Crippen LogP contribution >= 0.6 is 39.0 Å². The van der Waals surface area contributed by atoms with Crippen LogP contribution in [0.3, 0.4) is 0 Å². The van der Waals surface area contributed by atoms with E-state index in [0.717, 1.165) is 21.4 Å². The minimum absolute atomic E-state index is 0.0140. The van der Waals surface area contributed by atoms with Crippen LogP contribution in [0.15, 0.2) is 68.3 Å². The molecular weight excluding hydrogens is 440 g/mol. The lowest BCUT2D eigenvalue weighted by Gasteiger charge is -2.12. The van der Waals surface area contributed by atoms with Gasteiger partial charge in [-0.1, -0.05) is 45.9 Å². The van der Waals surface area contributed by atoms with E-state index in [1.807, 2.05) is 35.7 Å². The van der Waals surface area contributed by atoms with Crippen LogP contribution in [0.25, 0.3) is 15.9 Å². The Kier molecular flexibility index (Phi) is 5.21. The second-order valence-corrected chi connectivity index (χ2v) is 9.13. The maximum absolute atomic E-state index is 13.1. The predicted molar refractivity (Wildman–Crippen MR) is 118 cm³/mol. The van der Waals surface area contributed by atoms with Crippen LogP contribution in [0.5, 0.6) is 0 Å². The molecule has 2 heterocycles. The van der Waals surface area contributed by atoms with Gasteiger partial charge in [-0.25, -0.2) is 4.98 Å². The van der Waals surface area contributed by atoms with Gasteiger partial charge in [0.1, 0.15) is 4.70 Å². The van der Waals surface area contributed by atoms with Gasteiger partial charge in [0.25, 0.3) is 5.56 Å². The number of thioether (sulfide) groups is 1. The molecule has 2 aromatic carbocycles. The SMILES string of the molecule is Cc1ccc(CSc2nc3ccsc3c(=O)n2-c2ccc(Br)cc2)cc1C. The van der Waals surface area contributed by atoms with Crippen LogP contribution in [0.4, 0.5) is 0 Å². The Hall–Kier alpha value is -1.89. The second kappa shape index (κ2) is 7.62. The largest absolute Gasteiger partial charge is 0.276 e. The van der Waals surface area contributed by atoms with E-state index >= 15 is 0 Å². The Bertz CT molecular complexity index is 1180. The molecule has 0 N–H and O–H groups in total. The number of hydrogen-bond donors (Lipinski definition) is 0. The third-order valence-corrected chi connectivity index (χ3v) is 6.90. The average molecular weight is 457 g/mol. The number of aryl methyl sites for hydroxylation is 2. The highest BCUT2D eigenvalue weighted by Gasteiger charge is 2.14. The van der Waals surface area contributed by atoms with Gasteiger partial charge in [-0.15, -0.1) is 11.3 Å². The zero-order chi connectivity index (χ0) is 19.0. The van der Waals surface area contributed by atoms with Crippen molar-refractivity contribution < 1.29 is 0 Å². The van der Waals surface area contributed by atoms with Gasteiger partial charge in [0, 0.05) is 10.2 Å². The number of thiophene rings is 1. The van der Waals surface area contributed by atoms with Crippen molar-refractivity contribution in [2.24, 2.45) is 0 Å². The molecule has 2 aromatic heterocycles. The molecule has 0 fully saturated rings. The molecule has 0 spiro atoms. The fraction of sp³-hybridized carbons (Fsp3) is 0.143. The van der Waals surface area contributed by atoms with Crippen LogP contribution < -0.4 is 5.56 Å². The van der Waals surface area contributed by atoms with Gasteiger partial charge < -0.3 is 0 Å². The first-order valence-corrected chi connectivity index (χ1v) is 11.1. The van der Waals surface area contributed by atoms with Gasteiger partial charge in [0.2, 0.25) is 0 Å². The summed E-state index contributed by atoms with van der Waals surface area (Å²) >= 11 is 6.49.